The first-order valence-electron chi connectivity index (χ1n) is 6.03. The van der Waals surface area contributed by atoms with Crippen molar-refractivity contribution in [3.63, 3.8) is 0 Å². The molecule has 0 aliphatic carbocycles. The highest BCUT2D eigenvalue weighted by molar-refractivity contribution is 5.75. The SMILES string of the molecule is CNC(=O)CCNCCCNCCC(=O)NC. The van der Waals surface area contributed by atoms with Gasteiger partial charge in [0.25, 0.3) is 0 Å². The van der Waals surface area contributed by atoms with Gasteiger partial charge in [0.1, 0.15) is 0 Å². The van der Waals surface area contributed by atoms with Gasteiger partial charge in [-0.1, -0.05) is 0 Å². The Labute approximate surface area is 103 Å². The lowest BCUT2D eigenvalue weighted by atomic mass is 10.3. The first kappa shape index (κ1) is 15.9. The fourth-order valence-corrected chi connectivity index (χ4v) is 1.24. The first-order chi connectivity index (χ1) is 8.20. The molecule has 0 unspecified atom stereocenters. The lowest BCUT2D eigenvalue weighted by Crippen LogP contribution is -2.28. The first-order valence-corrected chi connectivity index (χ1v) is 6.03. The number of hydrogen-bond donors (Lipinski definition) is 4. The molecule has 6 heteroatoms. The summed E-state index contributed by atoms with van der Waals surface area (Å²) < 4.78 is 0. The molecular weight excluding hydrogens is 220 g/mol. The predicted octanol–water partition coefficient (Wildman–Crippen LogP) is -1.17. The minimum atomic E-state index is 0.0567. The molecule has 0 rings (SSSR count). The summed E-state index contributed by atoms with van der Waals surface area (Å²) in [5.41, 5.74) is 0. The van der Waals surface area contributed by atoms with Crippen LogP contribution in [0.3, 0.4) is 0 Å². The van der Waals surface area contributed by atoms with E-state index in [0.717, 1.165) is 19.5 Å². The third-order valence-corrected chi connectivity index (χ3v) is 2.32. The topological polar surface area (TPSA) is 82.3 Å². The lowest BCUT2D eigenvalue weighted by Gasteiger charge is -2.05. The van der Waals surface area contributed by atoms with Crippen molar-refractivity contribution < 1.29 is 9.59 Å². The van der Waals surface area contributed by atoms with Gasteiger partial charge >= 0.3 is 0 Å². The Hall–Kier alpha value is -1.14. The normalized spacial score (nSPS) is 10.0. The Morgan fingerprint density at radius 3 is 1.53 bits per heavy atom. The molecule has 17 heavy (non-hydrogen) atoms. The van der Waals surface area contributed by atoms with Crippen LogP contribution >= 0.6 is 0 Å². The lowest BCUT2D eigenvalue weighted by molar-refractivity contribution is -0.121. The average molecular weight is 244 g/mol. The van der Waals surface area contributed by atoms with E-state index in [1.54, 1.807) is 14.1 Å². The third-order valence-electron chi connectivity index (χ3n) is 2.32. The Balaban J connectivity index is 3.08. The van der Waals surface area contributed by atoms with E-state index in [1.165, 1.54) is 0 Å². The van der Waals surface area contributed by atoms with Gasteiger partial charge in [-0.2, -0.15) is 0 Å². The second kappa shape index (κ2) is 11.3. The summed E-state index contributed by atoms with van der Waals surface area (Å²) in [6, 6.07) is 0. The van der Waals surface area contributed by atoms with Crippen LogP contribution in [-0.2, 0) is 9.59 Å². The van der Waals surface area contributed by atoms with E-state index in [9.17, 15) is 9.59 Å². The van der Waals surface area contributed by atoms with Crippen LogP contribution in [0.4, 0.5) is 0 Å². The summed E-state index contributed by atoms with van der Waals surface area (Å²) in [6.07, 6.45) is 2.02. The fraction of sp³-hybridized carbons (Fsp3) is 0.818. The van der Waals surface area contributed by atoms with Crippen molar-refractivity contribution in [1.82, 2.24) is 21.3 Å². The van der Waals surface area contributed by atoms with E-state index in [-0.39, 0.29) is 11.8 Å². The molecule has 0 aromatic heterocycles. The van der Waals surface area contributed by atoms with Crippen molar-refractivity contribution >= 4 is 11.8 Å². The van der Waals surface area contributed by atoms with E-state index in [1.807, 2.05) is 0 Å². The van der Waals surface area contributed by atoms with Gasteiger partial charge < -0.3 is 21.3 Å². The molecule has 0 aliphatic rings. The molecule has 0 heterocycles. The maximum Gasteiger partial charge on any atom is 0.221 e. The highest BCUT2D eigenvalue weighted by Crippen LogP contribution is 1.79. The summed E-state index contributed by atoms with van der Waals surface area (Å²) >= 11 is 0. The monoisotopic (exact) mass is 244 g/mol. The van der Waals surface area contributed by atoms with E-state index in [4.69, 9.17) is 0 Å². The zero-order valence-electron chi connectivity index (χ0n) is 10.8. The molecule has 0 atom stereocenters. The average Bonchev–Trinajstić information content (AvgIpc) is 2.35. The van der Waals surface area contributed by atoms with E-state index < -0.39 is 0 Å². The van der Waals surface area contributed by atoms with Crippen LogP contribution in [0, 0.1) is 0 Å². The van der Waals surface area contributed by atoms with Crippen LogP contribution in [0.25, 0.3) is 0 Å². The van der Waals surface area contributed by atoms with Crippen LogP contribution in [0.5, 0.6) is 0 Å². The van der Waals surface area contributed by atoms with Crippen LogP contribution in [0.15, 0.2) is 0 Å². The van der Waals surface area contributed by atoms with Crippen molar-refractivity contribution in [2.24, 2.45) is 0 Å². The summed E-state index contributed by atoms with van der Waals surface area (Å²) in [4.78, 5) is 21.8. The molecule has 0 bridgehead atoms. The summed E-state index contributed by atoms with van der Waals surface area (Å²) in [6.45, 7) is 3.17. The van der Waals surface area contributed by atoms with Crippen LogP contribution in [-0.4, -0.2) is 52.1 Å². The maximum absolute atomic E-state index is 10.9. The van der Waals surface area contributed by atoms with Crippen molar-refractivity contribution in [2.45, 2.75) is 19.3 Å². The van der Waals surface area contributed by atoms with Gasteiger partial charge in [-0.25, -0.2) is 0 Å². The van der Waals surface area contributed by atoms with Crippen LogP contribution in [0.1, 0.15) is 19.3 Å². The second-order valence-electron chi connectivity index (χ2n) is 3.70. The van der Waals surface area contributed by atoms with Gasteiger partial charge in [-0.05, 0) is 19.5 Å². The molecule has 0 fully saturated rings. The predicted molar refractivity (Wildman–Crippen MR) is 67.7 cm³/mol. The van der Waals surface area contributed by atoms with Crippen molar-refractivity contribution in [1.29, 1.82) is 0 Å². The van der Waals surface area contributed by atoms with E-state index in [0.29, 0.717) is 25.9 Å². The largest absolute Gasteiger partial charge is 0.359 e. The van der Waals surface area contributed by atoms with Gasteiger partial charge in [0, 0.05) is 40.0 Å². The number of hydrogen-bond acceptors (Lipinski definition) is 4. The molecule has 0 aliphatic heterocycles. The number of carbonyl (C=O) groups is 2. The molecule has 2 amide bonds. The molecule has 6 nitrogen and oxygen atoms in total. The molecule has 0 aromatic carbocycles. The molecule has 0 aromatic rings. The molecule has 4 N–H and O–H groups in total. The Morgan fingerprint density at radius 2 is 1.18 bits per heavy atom. The summed E-state index contributed by atoms with van der Waals surface area (Å²) in [5, 5.41) is 11.5. The second-order valence-corrected chi connectivity index (χ2v) is 3.70. The van der Waals surface area contributed by atoms with Crippen LogP contribution < -0.4 is 21.3 Å². The zero-order chi connectivity index (χ0) is 12.9. The van der Waals surface area contributed by atoms with Crippen molar-refractivity contribution in [3.05, 3.63) is 0 Å². The molecule has 0 radical (unpaired) electrons. The van der Waals surface area contributed by atoms with Gasteiger partial charge in [-0.15, -0.1) is 0 Å². The highest BCUT2D eigenvalue weighted by atomic mass is 16.2. The summed E-state index contributed by atoms with van der Waals surface area (Å²) in [7, 11) is 3.28. The standard InChI is InChI=1S/C11H24N4O2/c1-12-10(16)4-8-14-6-3-7-15-9-5-11(17)13-2/h14-15H,3-9H2,1-2H3,(H,12,16)(H,13,17). The van der Waals surface area contributed by atoms with Gasteiger partial charge in [-0.3, -0.25) is 9.59 Å². The Kier molecular flexibility index (Phi) is 10.6. The quantitative estimate of drug-likeness (QED) is 0.365. The van der Waals surface area contributed by atoms with Gasteiger partial charge in [0.05, 0.1) is 0 Å². The Bertz CT molecular complexity index is 200. The third kappa shape index (κ3) is 11.1. The van der Waals surface area contributed by atoms with Crippen molar-refractivity contribution in [2.75, 3.05) is 40.3 Å². The van der Waals surface area contributed by atoms with Crippen LogP contribution in [0.2, 0.25) is 0 Å². The molecule has 100 valence electrons. The fourth-order valence-electron chi connectivity index (χ4n) is 1.24. The molecule has 0 spiro atoms. The van der Waals surface area contributed by atoms with Gasteiger partial charge in [0.15, 0.2) is 0 Å². The smallest absolute Gasteiger partial charge is 0.221 e. The zero-order valence-corrected chi connectivity index (χ0v) is 10.8. The number of rotatable bonds is 10. The minimum absolute atomic E-state index is 0.0567. The summed E-state index contributed by atoms with van der Waals surface area (Å²) in [5.74, 6) is 0.113. The maximum atomic E-state index is 10.9. The highest BCUT2D eigenvalue weighted by Gasteiger charge is 1.97. The Morgan fingerprint density at radius 1 is 0.765 bits per heavy atom. The molecular formula is C11H24N4O2. The number of amides is 2. The minimum Gasteiger partial charge on any atom is -0.359 e. The number of nitrogens with one attached hydrogen (secondary N) is 4. The van der Waals surface area contributed by atoms with Gasteiger partial charge in [0.2, 0.25) is 11.8 Å². The van der Waals surface area contributed by atoms with E-state index in [2.05, 4.69) is 21.3 Å². The molecule has 0 saturated heterocycles. The van der Waals surface area contributed by atoms with E-state index >= 15 is 0 Å². The number of carbonyl (C=O) groups excluding carboxylic acids is 2. The van der Waals surface area contributed by atoms with Crippen molar-refractivity contribution in [3.8, 4) is 0 Å². The molecule has 0 saturated carbocycles.